The van der Waals surface area contributed by atoms with Crippen LogP contribution < -0.4 is 4.74 Å². The number of rotatable bonds is 18. The molecule has 0 N–H and O–H groups in total. The van der Waals surface area contributed by atoms with Crippen molar-refractivity contribution in [1.29, 1.82) is 0 Å². The second-order valence-electron chi connectivity index (χ2n) is 13.9. The zero-order chi connectivity index (χ0) is 30.1. The molecule has 0 saturated heterocycles. The summed E-state index contributed by atoms with van der Waals surface area (Å²) in [6.45, 7) is 4.55. The first-order valence-corrected chi connectivity index (χ1v) is 18.3. The molecule has 2 fully saturated rings. The molecule has 43 heavy (non-hydrogen) atoms. The Morgan fingerprint density at radius 1 is 0.651 bits per heavy atom. The van der Waals surface area contributed by atoms with Crippen molar-refractivity contribution in [3.8, 4) is 17.1 Å². The highest BCUT2D eigenvalue weighted by atomic mass is 16.5. The second-order valence-corrected chi connectivity index (χ2v) is 13.9. The maximum atomic E-state index is 12.8. The van der Waals surface area contributed by atoms with Crippen molar-refractivity contribution < 1.29 is 9.53 Å². The molecular formula is C39H60N2O2. The Morgan fingerprint density at radius 3 is 1.74 bits per heavy atom. The lowest BCUT2D eigenvalue weighted by molar-refractivity contribution is -0.140. The molecule has 2 aliphatic rings. The van der Waals surface area contributed by atoms with Gasteiger partial charge in [0.05, 0.1) is 5.92 Å². The van der Waals surface area contributed by atoms with Crippen molar-refractivity contribution in [3.63, 3.8) is 0 Å². The van der Waals surface area contributed by atoms with Crippen molar-refractivity contribution in [1.82, 2.24) is 9.97 Å². The summed E-state index contributed by atoms with van der Waals surface area (Å²) in [6.07, 6.45) is 32.9. The van der Waals surface area contributed by atoms with E-state index in [4.69, 9.17) is 4.74 Å². The van der Waals surface area contributed by atoms with Gasteiger partial charge < -0.3 is 4.74 Å². The smallest absolute Gasteiger partial charge is 0.314 e. The van der Waals surface area contributed by atoms with Gasteiger partial charge in [-0.05, 0) is 86.1 Å². The zero-order valence-corrected chi connectivity index (χ0v) is 27.5. The van der Waals surface area contributed by atoms with E-state index in [1.807, 2.05) is 36.7 Å². The summed E-state index contributed by atoms with van der Waals surface area (Å²) in [5.74, 6) is 3.96. The van der Waals surface area contributed by atoms with Gasteiger partial charge in [0.2, 0.25) is 0 Å². The van der Waals surface area contributed by atoms with Crippen molar-refractivity contribution in [2.45, 2.75) is 155 Å². The first kappa shape index (κ1) is 33.7. The van der Waals surface area contributed by atoms with E-state index in [0.717, 1.165) is 61.2 Å². The SMILES string of the molecule is CCCCCCCCCC1CCC(CCc2cnc(-c3ccc(OC(=O)C4CCC(CCCCC)CC4)cc3)nc2)CC1. The molecule has 1 heterocycles. The van der Waals surface area contributed by atoms with E-state index in [2.05, 4.69) is 23.8 Å². The van der Waals surface area contributed by atoms with E-state index in [9.17, 15) is 4.79 Å². The number of unbranched alkanes of at least 4 members (excludes halogenated alkanes) is 8. The minimum atomic E-state index is -0.0676. The summed E-state index contributed by atoms with van der Waals surface area (Å²) in [6, 6.07) is 7.69. The summed E-state index contributed by atoms with van der Waals surface area (Å²) in [5.41, 5.74) is 2.19. The zero-order valence-electron chi connectivity index (χ0n) is 27.5. The average molecular weight is 589 g/mol. The average Bonchev–Trinajstić information content (AvgIpc) is 3.05. The van der Waals surface area contributed by atoms with Crippen LogP contribution in [0, 0.1) is 23.7 Å². The molecule has 2 aliphatic carbocycles. The fourth-order valence-electron chi connectivity index (χ4n) is 7.44. The van der Waals surface area contributed by atoms with Gasteiger partial charge in [-0.2, -0.15) is 0 Å². The summed E-state index contributed by atoms with van der Waals surface area (Å²) in [7, 11) is 0. The highest BCUT2D eigenvalue weighted by Gasteiger charge is 2.27. The molecule has 1 aromatic heterocycles. The third-order valence-electron chi connectivity index (χ3n) is 10.5. The van der Waals surface area contributed by atoms with Gasteiger partial charge in [0.15, 0.2) is 5.82 Å². The van der Waals surface area contributed by atoms with E-state index >= 15 is 0 Å². The van der Waals surface area contributed by atoms with E-state index in [1.165, 1.54) is 115 Å². The van der Waals surface area contributed by atoms with Crippen LogP contribution in [0.3, 0.4) is 0 Å². The van der Waals surface area contributed by atoms with E-state index in [0.29, 0.717) is 5.75 Å². The van der Waals surface area contributed by atoms with E-state index in [-0.39, 0.29) is 11.9 Å². The van der Waals surface area contributed by atoms with Gasteiger partial charge in [-0.25, -0.2) is 9.97 Å². The molecule has 0 radical (unpaired) electrons. The molecular weight excluding hydrogens is 528 g/mol. The number of ether oxygens (including phenoxy) is 1. The molecule has 0 atom stereocenters. The second kappa shape index (κ2) is 19.2. The van der Waals surface area contributed by atoms with Crippen molar-refractivity contribution >= 4 is 5.97 Å². The standard InChI is InChI=1S/C39H60N2O2/c1-3-5-7-8-9-10-12-14-31-15-17-33(18-16-31)19-20-34-29-40-38(41-30-34)35-25-27-37(28-26-35)43-39(42)36-23-21-32(22-24-36)13-11-6-4-2/h25-33,36H,3-24H2,1-2H3. The molecule has 4 nitrogen and oxygen atoms in total. The molecule has 238 valence electrons. The molecule has 0 spiro atoms. The quantitative estimate of drug-likeness (QED) is 0.0987. The number of aromatic nitrogens is 2. The normalized spacial score (nSPS) is 22.4. The Bertz CT molecular complexity index is 1020. The van der Waals surface area contributed by atoms with Gasteiger partial charge in [-0.3, -0.25) is 4.79 Å². The van der Waals surface area contributed by atoms with Crippen molar-refractivity contribution in [2.24, 2.45) is 23.7 Å². The number of nitrogens with zero attached hydrogens (tertiary/aromatic N) is 2. The number of carbonyl (C=O) groups is 1. The van der Waals surface area contributed by atoms with Crippen LogP contribution >= 0.6 is 0 Å². The Hall–Kier alpha value is -2.23. The number of hydrogen-bond donors (Lipinski definition) is 0. The van der Waals surface area contributed by atoms with Gasteiger partial charge in [0.1, 0.15) is 5.75 Å². The first-order chi connectivity index (χ1) is 21.1. The highest BCUT2D eigenvalue weighted by Crippen LogP contribution is 2.35. The maximum absolute atomic E-state index is 12.8. The lowest BCUT2D eigenvalue weighted by atomic mass is 9.78. The maximum Gasteiger partial charge on any atom is 0.314 e. The van der Waals surface area contributed by atoms with Crippen LogP contribution in [0.1, 0.15) is 154 Å². The Kier molecular flexibility index (Phi) is 15.0. The van der Waals surface area contributed by atoms with E-state index in [1.54, 1.807) is 0 Å². The lowest BCUT2D eigenvalue weighted by Crippen LogP contribution is -2.25. The summed E-state index contributed by atoms with van der Waals surface area (Å²) in [5, 5.41) is 0. The van der Waals surface area contributed by atoms with Crippen LogP contribution in [-0.4, -0.2) is 15.9 Å². The summed E-state index contributed by atoms with van der Waals surface area (Å²) >= 11 is 0. The minimum Gasteiger partial charge on any atom is -0.426 e. The van der Waals surface area contributed by atoms with Crippen molar-refractivity contribution in [2.75, 3.05) is 0 Å². The number of carbonyl (C=O) groups excluding carboxylic acids is 1. The lowest BCUT2D eigenvalue weighted by Gasteiger charge is -2.28. The largest absolute Gasteiger partial charge is 0.426 e. The first-order valence-electron chi connectivity index (χ1n) is 18.3. The van der Waals surface area contributed by atoms with Crippen LogP contribution in [0.25, 0.3) is 11.4 Å². The van der Waals surface area contributed by atoms with Crippen LogP contribution in [-0.2, 0) is 11.2 Å². The summed E-state index contributed by atoms with van der Waals surface area (Å²) in [4.78, 5) is 22.1. The molecule has 2 aromatic rings. The Morgan fingerprint density at radius 2 is 1.14 bits per heavy atom. The van der Waals surface area contributed by atoms with Crippen molar-refractivity contribution in [3.05, 3.63) is 42.2 Å². The molecule has 1 aromatic carbocycles. The van der Waals surface area contributed by atoms with Gasteiger partial charge >= 0.3 is 5.97 Å². The molecule has 0 unspecified atom stereocenters. The van der Waals surface area contributed by atoms with E-state index < -0.39 is 0 Å². The van der Waals surface area contributed by atoms with Gasteiger partial charge in [0, 0.05) is 18.0 Å². The molecule has 4 rings (SSSR count). The van der Waals surface area contributed by atoms with Gasteiger partial charge in [0.25, 0.3) is 0 Å². The van der Waals surface area contributed by atoms with Crippen LogP contribution in [0.5, 0.6) is 5.75 Å². The molecule has 0 amide bonds. The van der Waals surface area contributed by atoms with Crippen LogP contribution in [0.4, 0.5) is 0 Å². The third-order valence-corrected chi connectivity index (χ3v) is 10.5. The molecule has 2 saturated carbocycles. The van der Waals surface area contributed by atoms with Gasteiger partial charge in [-0.1, -0.05) is 117 Å². The third kappa shape index (κ3) is 12.0. The van der Waals surface area contributed by atoms with Crippen LogP contribution in [0.15, 0.2) is 36.7 Å². The predicted molar refractivity (Wildman–Crippen MR) is 179 cm³/mol. The molecule has 0 bridgehead atoms. The Balaban J connectivity index is 1.11. The predicted octanol–water partition coefficient (Wildman–Crippen LogP) is 11.3. The Labute approximate surface area is 263 Å². The summed E-state index contributed by atoms with van der Waals surface area (Å²) < 4.78 is 5.75. The number of esters is 1. The fourth-order valence-corrected chi connectivity index (χ4v) is 7.44. The fraction of sp³-hybridized carbons (Fsp3) is 0.718. The number of hydrogen-bond acceptors (Lipinski definition) is 4. The van der Waals surface area contributed by atoms with Crippen LogP contribution in [0.2, 0.25) is 0 Å². The van der Waals surface area contributed by atoms with Gasteiger partial charge in [-0.15, -0.1) is 0 Å². The topological polar surface area (TPSA) is 52.1 Å². The molecule has 0 aliphatic heterocycles. The minimum absolute atomic E-state index is 0.0444. The number of benzene rings is 1. The molecule has 4 heteroatoms. The highest BCUT2D eigenvalue weighted by molar-refractivity contribution is 5.75. The monoisotopic (exact) mass is 588 g/mol. The number of aryl methyl sites for hydroxylation is 1.